The molecule has 0 atom stereocenters. The van der Waals surface area contributed by atoms with Gasteiger partial charge in [0.2, 0.25) is 0 Å². The average molecular weight is 315 g/mol. The summed E-state index contributed by atoms with van der Waals surface area (Å²) in [4.78, 5) is 0. The molecule has 0 spiro atoms. The van der Waals surface area contributed by atoms with Gasteiger partial charge in [0, 0.05) is 5.92 Å². The van der Waals surface area contributed by atoms with Crippen molar-refractivity contribution in [2.45, 2.75) is 26.2 Å². The molecule has 0 bridgehead atoms. The highest BCUT2D eigenvalue weighted by atomic mass is 16.5. The standard InChI is InChI=1S/C23H23O/c1-17-8-12-19(13-9-17)22(20-14-10-18(2)11-15-20)16-21-6-4-5-7-23(21)24-3/h4,6-15,22H,16H2,1-3H3. The first-order valence-electron chi connectivity index (χ1n) is 8.33. The fourth-order valence-electron chi connectivity index (χ4n) is 3.05. The average Bonchev–Trinajstić information content (AvgIpc) is 2.62. The van der Waals surface area contributed by atoms with E-state index in [1.807, 2.05) is 12.1 Å². The van der Waals surface area contributed by atoms with Gasteiger partial charge in [0.25, 0.3) is 0 Å². The van der Waals surface area contributed by atoms with E-state index in [1.165, 1.54) is 27.8 Å². The third kappa shape index (κ3) is 3.68. The zero-order valence-corrected chi connectivity index (χ0v) is 14.5. The number of benzene rings is 3. The Morgan fingerprint density at radius 1 is 0.833 bits per heavy atom. The van der Waals surface area contributed by atoms with Crippen LogP contribution < -0.4 is 4.74 Å². The van der Waals surface area contributed by atoms with Gasteiger partial charge in [0.15, 0.2) is 0 Å². The van der Waals surface area contributed by atoms with E-state index in [4.69, 9.17) is 4.74 Å². The first kappa shape index (κ1) is 16.3. The van der Waals surface area contributed by atoms with Crippen molar-refractivity contribution in [2.24, 2.45) is 0 Å². The minimum Gasteiger partial charge on any atom is -0.496 e. The Morgan fingerprint density at radius 3 is 1.88 bits per heavy atom. The Balaban J connectivity index is 2.01. The summed E-state index contributed by atoms with van der Waals surface area (Å²) in [6.07, 6.45) is 0.907. The van der Waals surface area contributed by atoms with E-state index in [2.05, 4.69) is 74.5 Å². The fraction of sp³-hybridized carbons (Fsp3) is 0.217. The maximum atomic E-state index is 5.52. The van der Waals surface area contributed by atoms with Gasteiger partial charge in [-0.1, -0.05) is 71.8 Å². The Bertz CT molecular complexity index is 740. The van der Waals surface area contributed by atoms with Gasteiger partial charge < -0.3 is 4.74 Å². The maximum absolute atomic E-state index is 5.52. The van der Waals surface area contributed by atoms with Crippen molar-refractivity contribution in [1.29, 1.82) is 0 Å². The molecule has 0 amide bonds. The second-order valence-corrected chi connectivity index (χ2v) is 6.32. The van der Waals surface area contributed by atoms with Gasteiger partial charge in [0.05, 0.1) is 7.11 Å². The minimum atomic E-state index is 0.308. The molecule has 0 fully saturated rings. The third-order valence-electron chi connectivity index (χ3n) is 4.52. The zero-order chi connectivity index (χ0) is 16.9. The zero-order valence-electron chi connectivity index (χ0n) is 14.5. The second-order valence-electron chi connectivity index (χ2n) is 6.32. The smallest absolute Gasteiger partial charge is 0.122 e. The van der Waals surface area contributed by atoms with Crippen molar-refractivity contribution >= 4 is 0 Å². The lowest BCUT2D eigenvalue weighted by Crippen LogP contribution is -2.06. The van der Waals surface area contributed by atoms with E-state index >= 15 is 0 Å². The molecule has 0 N–H and O–H groups in total. The van der Waals surface area contributed by atoms with Gasteiger partial charge in [-0.3, -0.25) is 0 Å². The predicted octanol–water partition coefficient (Wildman–Crippen LogP) is 5.49. The summed E-state index contributed by atoms with van der Waals surface area (Å²) in [6.45, 7) is 4.25. The van der Waals surface area contributed by atoms with Crippen molar-refractivity contribution < 1.29 is 4.74 Å². The van der Waals surface area contributed by atoms with E-state index < -0.39 is 0 Å². The van der Waals surface area contributed by atoms with Gasteiger partial charge >= 0.3 is 0 Å². The number of rotatable bonds is 5. The normalized spacial score (nSPS) is 10.8. The molecule has 1 radical (unpaired) electrons. The predicted molar refractivity (Wildman–Crippen MR) is 99.7 cm³/mol. The van der Waals surface area contributed by atoms with Gasteiger partial charge in [-0.15, -0.1) is 0 Å². The second kappa shape index (κ2) is 7.35. The lowest BCUT2D eigenvalue weighted by molar-refractivity contribution is 0.408. The van der Waals surface area contributed by atoms with Crippen LogP contribution in [0.3, 0.4) is 0 Å². The van der Waals surface area contributed by atoms with Crippen LogP contribution in [0.2, 0.25) is 0 Å². The molecule has 0 aliphatic carbocycles. The SMILES string of the molecule is COc1c[c]ccc1CC(c1ccc(C)cc1)c1ccc(C)cc1. The molecule has 0 unspecified atom stereocenters. The molecule has 0 aliphatic rings. The molecular weight excluding hydrogens is 292 g/mol. The lowest BCUT2D eigenvalue weighted by atomic mass is 9.85. The molecule has 3 rings (SSSR count). The number of aryl methyl sites for hydroxylation is 2. The third-order valence-corrected chi connectivity index (χ3v) is 4.52. The first-order valence-corrected chi connectivity index (χ1v) is 8.33. The molecule has 1 heteroatoms. The highest BCUT2D eigenvalue weighted by molar-refractivity contribution is 5.40. The Morgan fingerprint density at radius 2 is 1.38 bits per heavy atom. The highest BCUT2D eigenvalue weighted by Crippen LogP contribution is 2.32. The summed E-state index contributed by atoms with van der Waals surface area (Å²) in [6, 6.07) is 26.8. The van der Waals surface area contributed by atoms with Crippen LogP contribution >= 0.6 is 0 Å². The van der Waals surface area contributed by atoms with Crippen LogP contribution in [0.15, 0.2) is 66.7 Å². The van der Waals surface area contributed by atoms with E-state index in [-0.39, 0.29) is 0 Å². The topological polar surface area (TPSA) is 9.23 Å². The number of hydrogen-bond donors (Lipinski definition) is 0. The summed E-state index contributed by atoms with van der Waals surface area (Å²) in [5.41, 5.74) is 6.45. The minimum absolute atomic E-state index is 0.308. The first-order chi connectivity index (χ1) is 11.7. The van der Waals surface area contributed by atoms with Gasteiger partial charge in [-0.2, -0.15) is 0 Å². The largest absolute Gasteiger partial charge is 0.496 e. The van der Waals surface area contributed by atoms with Crippen molar-refractivity contribution in [3.8, 4) is 5.75 Å². The molecule has 0 saturated carbocycles. The summed E-state index contributed by atoms with van der Waals surface area (Å²) >= 11 is 0. The lowest BCUT2D eigenvalue weighted by Gasteiger charge is -2.20. The molecule has 0 aromatic heterocycles. The number of hydrogen-bond acceptors (Lipinski definition) is 1. The van der Waals surface area contributed by atoms with Crippen molar-refractivity contribution in [3.05, 3.63) is 101 Å². The summed E-state index contributed by atoms with van der Waals surface area (Å²) < 4.78 is 5.52. The van der Waals surface area contributed by atoms with Gasteiger partial charge in [0.1, 0.15) is 5.75 Å². The Hall–Kier alpha value is -2.54. The quantitative estimate of drug-likeness (QED) is 0.605. The number of ether oxygens (including phenoxy) is 1. The van der Waals surface area contributed by atoms with Crippen LogP contribution in [0, 0.1) is 19.9 Å². The molecule has 3 aromatic rings. The molecule has 0 heterocycles. The van der Waals surface area contributed by atoms with Crippen molar-refractivity contribution in [1.82, 2.24) is 0 Å². The molecule has 0 saturated heterocycles. The monoisotopic (exact) mass is 315 g/mol. The summed E-state index contributed by atoms with van der Waals surface area (Å²) in [5, 5.41) is 0. The van der Waals surface area contributed by atoms with E-state index in [9.17, 15) is 0 Å². The highest BCUT2D eigenvalue weighted by Gasteiger charge is 2.17. The van der Waals surface area contributed by atoms with Crippen LogP contribution in [0.1, 0.15) is 33.7 Å². The van der Waals surface area contributed by atoms with E-state index in [0.717, 1.165) is 12.2 Å². The molecule has 3 aromatic carbocycles. The van der Waals surface area contributed by atoms with Crippen LogP contribution in [-0.2, 0) is 6.42 Å². The maximum Gasteiger partial charge on any atom is 0.122 e. The van der Waals surface area contributed by atoms with Crippen LogP contribution in [-0.4, -0.2) is 7.11 Å². The molecular formula is C23H23O. The van der Waals surface area contributed by atoms with Crippen LogP contribution in [0.4, 0.5) is 0 Å². The van der Waals surface area contributed by atoms with Crippen molar-refractivity contribution in [3.63, 3.8) is 0 Å². The molecule has 121 valence electrons. The van der Waals surface area contributed by atoms with E-state index in [1.54, 1.807) is 7.11 Å². The Labute approximate surface area is 144 Å². The molecule has 0 aliphatic heterocycles. The van der Waals surface area contributed by atoms with Crippen LogP contribution in [0.5, 0.6) is 5.75 Å². The van der Waals surface area contributed by atoms with Gasteiger partial charge in [-0.25, -0.2) is 0 Å². The summed E-state index contributed by atoms with van der Waals surface area (Å²) in [7, 11) is 1.72. The fourth-order valence-corrected chi connectivity index (χ4v) is 3.05. The van der Waals surface area contributed by atoms with Crippen LogP contribution in [0.25, 0.3) is 0 Å². The van der Waals surface area contributed by atoms with Crippen molar-refractivity contribution in [2.75, 3.05) is 7.11 Å². The number of methoxy groups -OCH3 is 1. The molecule has 24 heavy (non-hydrogen) atoms. The molecule has 1 nitrogen and oxygen atoms in total. The summed E-state index contributed by atoms with van der Waals surface area (Å²) in [5.74, 6) is 1.21. The Kier molecular flexibility index (Phi) is 5.00. The van der Waals surface area contributed by atoms with E-state index in [0.29, 0.717) is 5.92 Å². The van der Waals surface area contributed by atoms with Gasteiger partial charge in [-0.05, 0) is 49.1 Å².